The van der Waals surface area contributed by atoms with Gasteiger partial charge in [0.05, 0.1) is 53.8 Å². The molecular weight excluding hydrogens is 819 g/mol. The van der Waals surface area contributed by atoms with Gasteiger partial charge in [-0.1, -0.05) is 65.2 Å². The molecule has 5 aromatic carbocycles. The van der Waals surface area contributed by atoms with E-state index in [0.29, 0.717) is 50.1 Å². The van der Waals surface area contributed by atoms with Crippen LogP contribution in [0.2, 0.25) is 10.0 Å². The molecule has 306 valence electrons. The van der Waals surface area contributed by atoms with E-state index in [2.05, 4.69) is 10.4 Å². The summed E-state index contributed by atoms with van der Waals surface area (Å²) >= 11 is 12.8. The van der Waals surface area contributed by atoms with Gasteiger partial charge in [-0.2, -0.15) is 5.01 Å². The molecule has 61 heavy (non-hydrogen) atoms. The number of para-hydroxylation sites is 2. The maximum atomic E-state index is 15.6. The number of phenolic OH excluding ortho intramolecular Hbond substituents is 1. The number of oxazole rings is 1. The number of hydrazine groups is 1. The Morgan fingerprint density at radius 1 is 0.836 bits per heavy atom. The summed E-state index contributed by atoms with van der Waals surface area (Å²) in [5.74, 6) is -5.38. The number of nitrogens with one attached hydrogen (secondary N) is 1. The van der Waals surface area contributed by atoms with E-state index in [1.165, 1.54) is 31.3 Å². The zero-order chi connectivity index (χ0) is 42.3. The molecule has 6 atom stereocenters. The van der Waals surface area contributed by atoms with Crippen LogP contribution in [0, 0.1) is 23.7 Å². The Labute approximate surface area is 359 Å². The first-order valence-corrected chi connectivity index (χ1v) is 20.4. The minimum atomic E-state index is -1.69. The molecule has 3 fully saturated rings. The fourth-order valence-corrected chi connectivity index (χ4v) is 10.6. The predicted octanol–water partition coefficient (Wildman–Crippen LogP) is 8.71. The first kappa shape index (κ1) is 38.6. The molecule has 0 bridgehead atoms. The average Bonchev–Trinajstić information content (AvgIpc) is 3.89. The lowest BCUT2D eigenvalue weighted by molar-refractivity contribution is -0.138. The zero-order valence-electron chi connectivity index (χ0n) is 32.7. The van der Waals surface area contributed by atoms with E-state index < -0.39 is 52.7 Å². The maximum Gasteiger partial charge on any atom is 0.260 e. The number of hydrogen-bond acceptors (Lipinski definition) is 10. The van der Waals surface area contributed by atoms with Gasteiger partial charge in [0.15, 0.2) is 5.58 Å². The number of aromatic hydroxyl groups is 1. The van der Waals surface area contributed by atoms with Crippen molar-refractivity contribution in [3.63, 3.8) is 0 Å². The van der Waals surface area contributed by atoms with Crippen LogP contribution in [0.5, 0.6) is 17.2 Å². The highest BCUT2D eigenvalue weighted by Crippen LogP contribution is 2.66. The number of aromatic nitrogens is 1. The number of ether oxygens (including phenoxy) is 2. The fourth-order valence-electron chi connectivity index (χ4n) is 10.2. The number of carbonyl (C=O) groups excluding carboxylic acids is 4. The van der Waals surface area contributed by atoms with Gasteiger partial charge in [-0.05, 0) is 103 Å². The van der Waals surface area contributed by atoms with Crippen molar-refractivity contribution in [2.75, 3.05) is 24.5 Å². The number of halogens is 2. The minimum absolute atomic E-state index is 0.0338. The third-order valence-corrected chi connectivity index (χ3v) is 13.3. The highest BCUT2D eigenvalue weighted by atomic mass is 35.5. The average molecular weight is 856 g/mol. The summed E-state index contributed by atoms with van der Waals surface area (Å²) < 4.78 is 17.3. The molecule has 10 rings (SSSR count). The van der Waals surface area contributed by atoms with Gasteiger partial charge in [-0.25, -0.2) is 4.98 Å². The van der Waals surface area contributed by atoms with E-state index >= 15 is 9.59 Å². The summed E-state index contributed by atoms with van der Waals surface area (Å²) in [6.07, 6.45) is 2.13. The standard InChI is InChI=1S/C47H36Cl2N4O8/c1-59-28-17-12-25(13-18-28)47-32(44(56)53(46(47)58)51-34-21-14-26(48)22-33(34)49)23-31-29(41(47)40-36(54)7-5-9-38(40)60-2)19-20-30-39(31)45(57)52(43(30)55)27-15-10-24(11-16-27)42-50-35-6-3-4-8-37(35)61-42/h3-19,21-22,30-32,39,41,51,54H,20,23H2,1-2H3/t30-,31+,32-,39-,41+,47+/m0/s1. The first-order valence-electron chi connectivity index (χ1n) is 19.7. The molecule has 0 unspecified atom stereocenters. The Bertz CT molecular complexity index is 2810. The number of anilines is 2. The molecule has 6 aromatic rings. The Hall–Kier alpha value is -6.63. The van der Waals surface area contributed by atoms with Gasteiger partial charge in [0.1, 0.15) is 22.8 Å². The minimum Gasteiger partial charge on any atom is -0.508 e. The van der Waals surface area contributed by atoms with Crippen LogP contribution in [0.4, 0.5) is 11.4 Å². The summed E-state index contributed by atoms with van der Waals surface area (Å²) in [5, 5.41) is 13.4. The van der Waals surface area contributed by atoms with Crippen molar-refractivity contribution in [3.8, 4) is 28.7 Å². The number of benzene rings is 5. The summed E-state index contributed by atoms with van der Waals surface area (Å²) in [4.78, 5) is 65.8. The second-order valence-corrected chi connectivity index (χ2v) is 16.5. The first-order chi connectivity index (χ1) is 29.5. The quantitative estimate of drug-likeness (QED) is 0.112. The van der Waals surface area contributed by atoms with Crippen LogP contribution in [0.3, 0.4) is 0 Å². The van der Waals surface area contributed by atoms with Crippen molar-refractivity contribution in [2.45, 2.75) is 24.2 Å². The molecule has 4 amide bonds. The van der Waals surface area contributed by atoms with Gasteiger partial charge >= 0.3 is 0 Å². The zero-order valence-corrected chi connectivity index (χ0v) is 34.2. The molecule has 14 heteroatoms. The number of allylic oxidation sites excluding steroid dienone is 2. The van der Waals surface area contributed by atoms with Gasteiger partial charge < -0.3 is 19.0 Å². The van der Waals surface area contributed by atoms with Gasteiger partial charge in [0.2, 0.25) is 17.7 Å². The van der Waals surface area contributed by atoms with Crippen LogP contribution in [-0.2, 0) is 24.6 Å². The number of amides is 4. The smallest absolute Gasteiger partial charge is 0.260 e. The predicted molar refractivity (Wildman–Crippen MR) is 227 cm³/mol. The van der Waals surface area contributed by atoms with E-state index in [-0.39, 0.29) is 46.5 Å². The Balaban J connectivity index is 1.10. The molecule has 4 aliphatic rings. The number of methoxy groups -OCH3 is 2. The molecule has 0 radical (unpaired) electrons. The highest BCUT2D eigenvalue weighted by molar-refractivity contribution is 6.36. The second kappa shape index (κ2) is 14.5. The lowest BCUT2D eigenvalue weighted by Gasteiger charge is -2.50. The number of phenols is 1. The van der Waals surface area contributed by atoms with E-state index in [1.54, 1.807) is 72.8 Å². The summed E-state index contributed by atoms with van der Waals surface area (Å²) in [6.45, 7) is 0. The summed E-state index contributed by atoms with van der Waals surface area (Å²) in [6, 6.07) is 30.7. The van der Waals surface area contributed by atoms with Crippen LogP contribution in [0.15, 0.2) is 125 Å². The number of imide groups is 2. The van der Waals surface area contributed by atoms with Gasteiger partial charge in [0.25, 0.3) is 11.8 Å². The largest absolute Gasteiger partial charge is 0.508 e. The molecule has 0 spiro atoms. The van der Waals surface area contributed by atoms with Crippen molar-refractivity contribution in [3.05, 3.63) is 142 Å². The Morgan fingerprint density at radius 3 is 2.33 bits per heavy atom. The summed E-state index contributed by atoms with van der Waals surface area (Å²) in [7, 11) is 2.99. The number of rotatable bonds is 8. The van der Waals surface area contributed by atoms with Crippen LogP contribution in [-0.4, -0.2) is 52.9 Å². The van der Waals surface area contributed by atoms with E-state index in [4.69, 9.17) is 37.1 Å². The molecule has 2 saturated heterocycles. The molecule has 2 aliphatic heterocycles. The SMILES string of the molecule is COc1ccc([C@@]23C(=O)N(Nc4ccc(Cl)cc4Cl)C(=O)[C@@H]2C[C@@H]2C(=CC[C@@H]4C(=O)N(c5ccc(-c6nc7ccccc7o6)cc5)C(=O)[C@@H]42)[C@@H]3c2c(O)cccc2OC)cc1. The topological polar surface area (TPSA) is 152 Å². The van der Waals surface area contributed by atoms with E-state index in [1.807, 2.05) is 30.3 Å². The molecule has 12 nitrogen and oxygen atoms in total. The van der Waals surface area contributed by atoms with Gasteiger partial charge in [-0.3, -0.25) is 29.5 Å². The molecule has 1 saturated carbocycles. The van der Waals surface area contributed by atoms with Crippen LogP contribution >= 0.6 is 23.2 Å². The Kier molecular flexibility index (Phi) is 9.19. The lowest BCUT2D eigenvalue weighted by Crippen LogP contribution is -2.53. The number of fused-ring (bicyclic) bond motifs is 5. The van der Waals surface area contributed by atoms with Gasteiger partial charge in [-0.15, -0.1) is 0 Å². The van der Waals surface area contributed by atoms with Gasteiger partial charge in [0, 0.05) is 22.1 Å². The molecule has 2 aliphatic carbocycles. The summed E-state index contributed by atoms with van der Waals surface area (Å²) in [5.41, 5.74) is 5.36. The lowest BCUT2D eigenvalue weighted by atomic mass is 9.49. The normalized spacial score (nSPS) is 24.4. The third-order valence-electron chi connectivity index (χ3n) is 12.8. The van der Waals surface area contributed by atoms with Crippen LogP contribution in [0.25, 0.3) is 22.6 Å². The number of hydrogen-bond donors (Lipinski definition) is 2. The molecule has 3 heterocycles. The highest BCUT2D eigenvalue weighted by Gasteiger charge is 2.71. The molecule has 2 N–H and O–H groups in total. The van der Waals surface area contributed by atoms with Crippen molar-refractivity contribution >= 4 is 69.3 Å². The molecule has 1 aromatic heterocycles. The maximum absolute atomic E-state index is 15.6. The Morgan fingerprint density at radius 2 is 1.61 bits per heavy atom. The van der Waals surface area contributed by atoms with Crippen LogP contribution < -0.4 is 19.8 Å². The second-order valence-electron chi connectivity index (χ2n) is 15.7. The van der Waals surface area contributed by atoms with Crippen molar-refractivity contribution < 1.29 is 38.2 Å². The van der Waals surface area contributed by atoms with E-state index in [0.717, 1.165) is 5.01 Å². The van der Waals surface area contributed by atoms with Crippen molar-refractivity contribution in [1.29, 1.82) is 0 Å². The van der Waals surface area contributed by atoms with Crippen molar-refractivity contribution in [2.24, 2.45) is 23.7 Å². The van der Waals surface area contributed by atoms with Crippen LogP contribution in [0.1, 0.15) is 29.9 Å². The molecular formula is C47H36Cl2N4O8. The number of carbonyl (C=O) groups is 4. The third kappa shape index (κ3) is 5.76. The number of nitrogens with zero attached hydrogens (tertiary/aromatic N) is 3. The fraction of sp³-hybridized carbons (Fsp3) is 0.213. The van der Waals surface area contributed by atoms with E-state index in [9.17, 15) is 14.7 Å². The monoisotopic (exact) mass is 854 g/mol. The van der Waals surface area contributed by atoms with Crippen molar-refractivity contribution in [1.82, 2.24) is 9.99 Å².